The molecule has 0 aliphatic carbocycles. The second-order valence-corrected chi connectivity index (χ2v) is 5.70. The van der Waals surface area contributed by atoms with Gasteiger partial charge in [-0.05, 0) is 18.4 Å². The number of nitrogens with zero attached hydrogens (tertiary/aromatic N) is 2. The summed E-state index contributed by atoms with van der Waals surface area (Å²) < 4.78 is 0. The molecule has 4 heteroatoms. The lowest BCUT2D eigenvalue weighted by molar-refractivity contribution is 0.949. The predicted molar refractivity (Wildman–Crippen MR) is 80.3 cm³/mol. The highest BCUT2D eigenvalue weighted by Gasteiger charge is 2.23. The molecule has 19 heavy (non-hydrogen) atoms. The zero-order chi connectivity index (χ0) is 13.2. The van der Waals surface area contributed by atoms with E-state index < -0.39 is 0 Å². The minimum absolute atomic E-state index is 0.626. The van der Waals surface area contributed by atoms with E-state index in [-0.39, 0.29) is 0 Å². The van der Waals surface area contributed by atoms with Gasteiger partial charge >= 0.3 is 0 Å². The number of thiophene rings is 1. The second kappa shape index (κ2) is 4.94. The van der Waals surface area contributed by atoms with Crippen molar-refractivity contribution in [2.24, 2.45) is 0 Å². The van der Waals surface area contributed by atoms with Gasteiger partial charge in [-0.2, -0.15) is 5.26 Å². The molecule has 2 aromatic rings. The Hall–Kier alpha value is -1.99. The van der Waals surface area contributed by atoms with Crippen molar-refractivity contribution >= 4 is 22.0 Å². The van der Waals surface area contributed by atoms with Crippen LogP contribution in [0.3, 0.4) is 0 Å². The van der Waals surface area contributed by atoms with Crippen LogP contribution < -0.4 is 10.6 Å². The first-order valence-corrected chi connectivity index (χ1v) is 7.25. The van der Waals surface area contributed by atoms with Crippen LogP contribution in [0, 0.1) is 11.3 Å². The second-order valence-electron chi connectivity index (χ2n) is 4.70. The van der Waals surface area contributed by atoms with E-state index in [4.69, 9.17) is 5.73 Å². The highest BCUT2D eigenvalue weighted by Crippen LogP contribution is 2.44. The van der Waals surface area contributed by atoms with Crippen LogP contribution in [0.2, 0.25) is 0 Å². The molecule has 1 aromatic heterocycles. The summed E-state index contributed by atoms with van der Waals surface area (Å²) in [5, 5.41) is 10.4. The van der Waals surface area contributed by atoms with E-state index in [9.17, 15) is 5.26 Å². The molecule has 3 nitrogen and oxygen atoms in total. The molecule has 0 bridgehead atoms. The summed E-state index contributed by atoms with van der Waals surface area (Å²) in [5.74, 6) is 0. The molecule has 1 aliphatic heterocycles. The van der Waals surface area contributed by atoms with E-state index in [0.717, 1.165) is 28.5 Å². The maximum atomic E-state index is 9.37. The molecule has 96 valence electrons. The summed E-state index contributed by atoms with van der Waals surface area (Å²) >= 11 is 1.64. The van der Waals surface area contributed by atoms with Crippen molar-refractivity contribution < 1.29 is 0 Å². The lowest BCUT2D eigenvalue weighted by Gasteiger charge is -2.15. The number of nitrogens with two attached hydrogens (primary N) is 1. The Morgan fingerprint density at radius 1 is 1.16 bits per heavy atom. The van der Waals surface area contributed by atoms with Crippen LogP contribution in [0.25, 0.3) is 10.4 Å². The average Bonchev–Trinajstić information content (AvgIpc) is 3.07. The van der Waals surface area contributed by atoms with E-state index in [0.29, 0.717) is 11.3 Å². The van der Waals surface area contributed by atoms with Crippen LogP contribution >= 0.6 is 11.3 Å². The number of rotatable bonds is 2. The van der Waals surface area contributed by atoms with E-state index in [2.05, 4.69) is 11.0 Å². The van der Waals surface area contributed by atoms with Crippen molar-refractivity contribution in [1.82, 2.24) is 0 Å². The summed E-state index contributed by atoms with van der Waals surface area (Å²) in [6, 6.07) is 12.3. The van der Waals surface area contributed by atoms with Gasteiger partial charge in [-0.25, -0.2) is 0 Å². The number of hydrogen-bond acceptors (Lipinski definition) is 4. The van der Waals surface area contributed by atoms with Gasteiger partial charge < -0.3 is 10.6 Å². The molecule has 0 radical (unpaired) electrons. The lowest BCUT2D eigenvalue weighted by Crippen LogP contribution is -2.17. The molecule has 3 rings (SSSR count). The summed E-state index contributed by atoms with van der Waals surface area (Å²) in [4.78, 5) is 3.30. The Bertz CT molecular complexity index is 619. The van der Waals surface area contributed by atoms with Gasteiger partial charge in [-0.1, -0.05) is 30.3 Å². The van der Waals surface area contributed by atoms with E-state index in [1.165, 1.54) is 12.8 Å². The minimum Gasteiger partial charge on any atom is -0.396 e. The largest absolute Gasteiger partial charge is 0.396 e. The molecule has 1 saturated heterocycles. The molecule has 0 amide bonds. The summed E-state index contributed by atoms with van der Waals surface area (Å²) in [6.07, 6.45) is 2.40. The topological polar surface area (TPSA) is 53.0 Å². The van der Waals surface area contributed by atoms with E-state index in [1.807, 2.05) is 30.3 Å². The molecule has 2 heterocycles. The van der Waals surface area contributed by atoms with Gasteiger partial charge in [0.25, 0.3) is 0 Å². The summed E-state index contributed by atoms with van der Waals surface area (Å²) in [6.45, 7) is 2.06. The number of nitrogen functional groups attached to an aromatic ring is 1. The SMILES string of the molecule is N#Cc1c(N2CCCC2)sc(-c2ccccc2)c1N. The van der Waals surface area contributed by atoms with Gasteiger partial charge in [-0.15, -0.1) is 11.3 Å². The van der Waals surface area contributed by atoms with Crippen LogP contribution in [0.4, 0.5) is 10.7 Å². The first kappa shape index (κ1) is 12.1. The molecule has 1 aromatic carbocycles. The minimum atomic E-state index is 0.626. The highest BCUT2D eigenvalue weighted by molar-refractivity contribution is 7.20. The molecule has 1 fully saturated rings. The van der Waals surface area contributed by atoms with Gasteiger partial charge in [-0.3, -0.25) is 0 Å². The fraction of sp³-hybridized carbons (Fsp3) is 0.267. The Labute approximate surface area is 116 Å². The number of hydrogen-bond donors (Lipinski definition) is 1. The fourth-order valence-corrected chi connectivity index (χ4v) is 3.71. The van der Waals surface area contributed by atoms with Crippen molar-refractivity contribution in [3.8, 4) is 16.5 Å². The maximum Gasteiger partial charge on any atom is 0.112 e. The first-order valence-electron chi connectivity index (χ1n) is 6.44. The van der Waals surface area contributed by atoms with Crippen molar-refractivity contribution in [2.45, 2.75) is 12.8 Å². The Morgan fingerprint density at radius 2 is 1.84 bits per heavy atom. The number of nitriles is 1. The van der Waals surface area contributed by atoms with Crippen molar-refractivity contribution in [2.75, 3.05) is 23.7 Å². The number of benzene rings is 1. The van der Waals surface area contributed by atoms with Crippen molar-refractivity contribution in [1.29, 1.82) is 5.26 Å². The van der Waals surface area contributed by atoms with Crippen molar-refractivity contribution in [3.05, 3.63) is 35.9 Å². The molecular weight excluding hydrogens is 254 g/mol. The lowest BCUT2D eigenvalue weighted by atomic mass is 10.1. The third-order valence-corrected chi connectivity index (χ3v) is 4.78. The van der Waals surface area contributed by atoms with Crippen LogP contribution in [-0.2, 0) is 0 Å². The molecular formula is C15H15N3S. The quantitative estimate of drug-likeness (QED) is 0.908. The van der Waals surface area contributed by atoms with Gasteiger partial charge in [0, 0.05) is 13.1 Å². The van der Waals surface area contributed by atoms with E-state index >= 15 is 0 Å². The highest BCUT2D eigenvalue weighted by atomic mass is 32.1. The number of anilines is 2. The fourth-order valence-electron chi connectivity index (χ4n) is 2.49. The Balaban J connectivity index is 2.10. The smallest absolute Gasteiger partial charge is 0.112 e. The van der Waals surface area contributed by atoms with Crippen LogP contribution in [0.1, 0.15) is 18.4 Å². The summed E-state index contributed by atoms with van der Waals surface area (Å²) in [7, 11) is 0. The molecule has 0 atom stereocenters. The molecule has 0 spiro atoms. The van der Waals surface area contributed by atoms with Gasteiger partial charge in [0.2, 0.25) is 0 Å². The monoisotopic (exact) mass is 269 g/mol. The maximum absolute atomic E-state index is 9.37. The third kappa shape index (κ3) is 2.06. The van der Waals surface area contributed by atoms with Crippen molar-refractivity contribution in [3.63, 3.8) is 0 Å². The molecule has 2 N–H and O–H groups in total. The molecule has 0 unspecified atom stereocenters. The summed E-state index contributed by atoms with van der Waals surface area (Å²) in [5.41, 5.74) is 8.54. The van der Waals surface area contributed by atoms with Gasteiger partial charge in [0.05, 0.1) is 10.6 Å². The first-order chi connectivity index (χ1) is 9.31. The predicted octanol–water partition coefficient (Wildman–Crippen LogP) is 3.47. The zero-order valence-corrected chi connectivity index (χ0v) is 11.4. The van der Waals surface area contributed by atoms with Gasteiger partial charge in [0.15, 0.2) is 0 Å². The van der Waals surface area contributed by atoms with Crippen LogP contribution in [0.15, 0.2) is 30.3 Å². The average molecular weight is 269 g/mol. The third-order valence-electron chi connectivity index (χ3n) is 3.47. The standard InChI is InChI=1S/C15H15N3S/c16-10-12-13(17)14(11-6-2-1-3-7-11)19-15(12)18-8-4-5-9-18/h1-3,6-7H,4-5,8-9,17H2. The van der Waals surface area contributed by atoms with E-state index in [1.54, 1.807) is 11.3 Å². The van der Waals surface area contributed by atoms with Gasteiger partial charge in [0.1, 0.15) is 16.6 Å². The Morgan fingerprint density at radius 3 is 2.47 bits per heavy atom. The Kier molecular flexibility index (Phi) is 3.14. The molecule has 1 aliphatic rings. The molecule has 0 saturated carbocycles. The zero-order valence-electron chi connectivity index (χ0n) is 10.6. The normalized spacial score (nSPS) is 14.6. The van der Waals surface area contributed by atoms with Crippen LogP contribution in [-0.4, -0.2) is 13.1 Å². The van der Waals surface area contributed by atoms with Crippen LogP contribution in [0.5, 0.6) is 0 Å².